The summed E-state index contributed by atoms with van der Waals surface area (Å²) in [6.45, 7) is 0. The van der Waals surface area contributed by atoms with Gasteiger partial charge in [-0.15, -0.1) is 0 Å². The molecule has 4 nitrogen and oxygen atoms in total. The lowest BCUT2D eigenvalue weighted by molar-refractivity contribution is 1.32. The summed E-state index contributed by atoms with van der Waals surface area (Å²) >= 11 is 0. The minimum absolute atomic E-state index is 0.458. The Balaban J connectivity index is 3.04. The van der Waals surface area contributed by atoms with Crippen molar-refractivity contribution in [1.29, 1.82) is 5.41 Å². The third-order valence-electron chi connectivity index (χ3n) is 1.45. The van der Waals surface area contributed by atoms with E-state index in [0.717, 1.165) is 5.56 Å². The van der Waals surface area contributed by atoms with Crippen LogP contribution in [0.1, 0.15) is 5.56 Å². The SMILES string of the molecule is N=C/C(=C\N)c1ccc(N)nc1. The highest BCUT2D eigenvalue weighted by Crippen LogP contribution is 2.10. The van der Waals surface area contributed by atoms with Crippen LogP contribution in [0, 0.1) is 5.41 Å². The third kappa shape index (κ3) is 1.60. The molecule has 0 radical (unpaired) electrons. The molecule has 0 unspecified atom stereocenters. The number of anilines is 1. The summed E-state index contributed by atoms with van der Waals surface area (Å²) in [7, 11) is 0. The van der Waals surface area contributed by atoms with Gasteiger partial charge in [-0.25, -0.2) is 4.98 Å². The van der Waals surface area contributed by atoms with E-state index in [4.69, 9.17) is 16.9 Å². The first-order valence-corrected chi connectivity index (χ1v) is 3.42. The number of pyridine rings is 1. The molecule has 0 aromatic carbocycles. The van der Waals surface area contributed by atoms with Crippen LogP contribution in [0.15, 0.2) is 24.5 Å². The number of hydrogen-bond acceptors (Lipinski definition) is 4. The Labute approximate surface area is 70.4 Å². The van der Waals surface area contributed by atoms with Crippen molar-refractivity contribution in [2.75, 3.05) is 5.73 Å². The molecule has 62 valence electrons. The molecule has 0 saturated carbocycles. The Morgan fingerprint density at radius 2 is 2.25 bits per heavy atom. The largest absolute Gasteiger partial charge is 0.404 e. The highest BCUT2D eigenvalue weighted by Gasteiger charge is 1.96. The fourth-order valence-electron chi connectivity index (χ4n) is 0.804. The highest BCUT2D eigenvalue weighted by molar-refractivity contribution is 6.07. The van der Waals surface area contributed by atoms with Crippen LogP contribution in [0.2, 0.25) is 0 Å². The standard InChI is InChI=1S/C8H10N4/c9-3-7(4-10)6-1-2-8(11)12-5-6/h1-5,9H,10H2,(H2,11,12)/b7-4+,9-3?. The van der Waals surface area contributed by atoms with E-state index in [1.54, 1.807) is 18.3 Å². The smallest absolute Gasteiger partial charge is 0.123 e. The van der Waals surface area contributed by atoms with Crippen LogP contribution in [0.4, 0.5) is 5.82 Å². The predicted octanol–water partition coefficient (Wildman–Crippen LogP) is 0.613. The van der Waals surface area contributed by atoms with E-state index in [1.165, 1.54) is 12.4 Å². The first-order chi connectivity index (χ1) is 5.77. The summed E-state index contributed by atoms with van der Waals surface area (Å²) in [5.41, 5.74) is 12.1. The van der Waals surface area contributed by atoms with E-state index in [9.17, 15) is 0 Å². The van der Waals surface area contributed by atoms with Crippen molar-refractivity contribution in [3.05, 3.63) is 30.1 Å². The molecule has 1 rings (SSSR count). The Morgan fingerprint density at radius 1 is 1.50 bits per heavy atom. The molecule has 0 fully saturated rings. The predicted molar refractivity (Wildman–Crippen MR) is 49.6 cm³/mol. The topological polar surface area (TPSA) is 88.8 Å². The summed E-state index contributed by atoms with van der Waals surface area (Å²) in [5.74, 6) is 0.458. The molecule has 0 amide bonds. The van der Waals surface area contributed by atoms with Crippen molar-refractivity contribution in [2.24, 2.45) is 5.73 Å². The van der Waals surface area contributed by atoms with Gasteiger partial charge >= 0.3 is 0 Å². The molecule has 1 aromatic rings. The lowest BCUT2D eigenvalue weighted by Crippen LogP contribution is -1.94. The second kappa shape index (κ2) is 3.52. The molecule has 0 spiro atoms. The van der Waals surface area contributed by atoms with Gasteiger partial charge in [0, 0.05) is 29.7 Å². The molecule has 0 aliphatic heterocycles. The minimum Gasteiger partial charge on any atom is -0.404 e. The van der Waals surface area contributed by atoms with Crippen molar-refractivity contribution in [3.8, 4) is 0 Å². The molecule has 0 atom stereocenters. The van der Waals surface area contributed by atoms with E-state index >= 15 is 0 Å². The summed E-state index contributed by atoms with van der Waals surface area (Å²) in [6, 6.07) is 3.44. The monoisotopic (exact) mass is 162 g/mol. The number of nitrogens with two attached hydrogens (primary N) is 2. The van der Waals surface area contributed by atoms with Gasteiger partial charge < -0.3 is 16.9 Å². The first kappa shape index (κ1) is 8.26. The number of hydrogen-bond donors (Lipinski definition) is 3. The zero-order valence-electron chi connectivity index (χ0n) is 6.49. The lowest BCUT2D eigenvalue weighted by atomic mass is 10.1. The van der Waals surface area contributed by atoms with E-state index in [2.05, 4.69) is 4.98 Å². The molecule has 5 N–H and O–H groups in total. The zero-order valence-corrected chi connectivity index (χ0v) is 6.49. The zero-order chi connectivity index (χ0) is 8.97. The molecular weight excluding hydrogens is 152 g/mol. The van der Waals surface area contributed by atoms with Crippen molar-refractivity contribution in [1.82, 2.24) is 4.98 Å². The summed E-state index contributed by atoms with van der Waals surface area (Å²) in [5, 5.41) is 7.02. The fourth-order valence-corrected chi connectivity index (χ4v) is 0.804. The molecule has 12 heavy (non-hydrogen) atoms. The van der Waals surface area contributed by atoms with Gasteiger partial charge in [0.1, 0.15) is 5.82 Å². The Bertz CT molecular complexity index is 299. The number of allylic oxidation sites excluding steroid dienone is 1. The second-order valence-corrected chi connectivity index (χ2v) is 2.24. The van der Waals surface area contributed by atoms with E-state index in [-0.39, 0.29) is 0 Å². The normalized spacial score (nSPS) is 11.2. The van der Waals surface area contributed by atoms with Gasteiger partial charge in [0.05, 0.1) is 0 Å². The maximum absolute atomic E-state index is 7.02. The van der Waals surface area contributed by atoms with Crippen LogP contribution < -0.4 is 11.5 Å². The summed E-state index contributed by atoms with van der Waals surface area (Å²) < 4.78 is 0. The van der Waals surface area contributed by atoms with Gasteiger partial charge in [-0.05, 0) is 12.1 Å². The molecule has 0 bridgehead atoms. The highest BCUT2D eigenvalue weighted by atomic mass is 14.8. The molecular formula is C8H10N4. The van der Waals surface area contributed by atoms with Crippen LogP contribution in [0.3, 0.4) is 0 Å². The van der Waals surface area contributed by atoms with E-state index in [0.29, 0.717) is 11.4 Å². The minimum atomic E-state index is 0.458. The van der Waals surface area contributed by atoms with Crippen molar-refractivity contribution in [2.45, 2.75) is 0 Å². The van der Waals surface area contributed by atoms with E-state index < -0.39 is 0 Å². The van der Waals surface area contributed by atoms with Crippen molar-refractivity contribution in [3.63, 3.8) is 0 Å². The van der Waals surface area contributed by atoms with Crippen LogP contribution in [0.25, 0.3) is 5.57 Å². The fraction of sp³-hybridized carbons (Fsp3) is 0. The second-order valence-electron chi connectivity index (χ2n) is 2.24. The number of nitrogens with one attached hydrogen (secondary N) is 1. The molecule has 1 heterocycles. The van der Waals surface area contributed by atoms with Gasteiger partial charge in [-0.1, -0.05) is 0 Å². The van der Waals surface area contributed by atoms with Gasteiger partial charge in [0.25, 0.3) is 0 Å². The van der Waals surface area contributed by atoms with Crippen LogP contribution >= 0.6 is 0 Å². The number of nitrogens with zero attached hydrogens (tertiary/aromatic N) is 1. The summed E-state index contributed by atoms with van der Waals surface area (Å²) in [6.07, 6.45) is 4.12. The van der Waals surface area contributed by atoms with Crippen LogP contribution in [-0.4, -0.2) is 11.2 Å². The lowest BCUT2D eigenvalue weighted by Gasteiger charge is -1.99. The van der Waals surface area contributed by atoms with Crippen molar-refractivity contribution >= 4 is 17.6 Å². The number of rotatable bonds is 2. The maximum Gasteiger partial charge on any atom is 0.123 e. The van der Waals surface area contributed by atoms with E-state index in [1.807, 2.05) is 0 Å². The molecule has 0 saturated heterocycles. The van der Waals surface area contributed by atoms with Crippen LogP contribution in [0.5, 0.6) is 0 Å². The van der Waals surface area contributed by atoms with Gasteiger partial charge in [-0.3, -0.25) is 0 Å². The maximum atomic E-state index is 7.02. The van der Waals surface area contributed by atoms with Crippen LogP contribution in [-0.2, 0) is 0 Å². The first-order valence-electron chi connectivity index (χ1n) is 3.42. The van der Waals surface area contributed by atoms with Gasteiger partial charge in [0.2, 0.25) is 0 Å². The molecule has 0 aliphatic carbocycles. The number of nitrogen functional groups attached to an aromatic ring is 1. The quantitative estimate of drug-likeness (QED) is 0.557. The van der Waals surface area contributed by atoms with Gasteiger partial charge in [-0.2, -0.15) is 0 Å². The Kier molecular flexibility index (Phi) is 2.42. The number of aromatic nitrogens is 1. The van der Waals surface area contributed by atoms with Crippen molar-refractivity contribution < 1.29 is 0 Å². The molecule has 4 heteroatoms. The Morgan fingerprint density at radius 3 is 2.67 bits per heavy atom. The summed E-state index contributed by atoms with van der Waals surface area (Å²) in [4.78, 5) is 3.87. The van der Waals surface area contributed by atoms with Gasteiger partial charge in [0.15, 0.2) is 0 Å². The third-order valence-corrected chi connectivity index (χ3v) is 1.45. The molecule has 0 aliphatic rings. The molecule has 1 aromatic heterocycles. The average molecular weight is 162 g/mol. The average Bonchev–Trinajstić information content (AvgIpc) is 2.10. The Hall–Kier alpha value is -1.84.